The fourth-order valence-corrected chi connectivity index (χ4v) is 3.01. The molecule has 1 N–H and O–H groups in total. The largest absolute Gasteiger partial charge is 0.393 e. The maximum atomic E-state index is 9.88. The Kier molecular flexibility index (Phi) is 2.60. The summed E-state index contributed by atoms with van der Waals surface area (Å²) in [7, 11) is 0. The lowest BCUT2D eigenvalue weighted by atomic mass is 9.88. The Morgan fingerprint density at radius 1 is 1.18 bits per heavy atom. The van der Waals surface area contributed by atoms with Crippen molar-refractivity contribution in [1.29, 1.82) is 0 Å². The van der Waals surface area contributed by atoms with Crippen LogP contribution in [0.25, 0.3) is 10.9 Å². The normalized spacial score (nSPS) is 28.7. The highest BCUT2D eigenvalue weighted by molar-refractivity contribution is 5.82. The van der Waals surface area contributed by atoms with E-state index in [-0.39, 0.29) is 6.10 Å². The predicted molar refractivity (Wildman–Crippen MR) is 68.9 cm³/mol. The average molecular weight is 227 g/mol. The molecule has 1 saturated carbocycles. The minimum absolute atomic E-state index is 0.154. The zero-order chi connectivity index (χ0) is 11.8. The molecule has 2 heteroatoms. The standard InChI is InChI=1S/C15H17NO/c1-10-12(7-8-14(10)17)13-6-2-4-11-5-3-9-16-15(11)13/h2-6,9-10,12,14,17H,7-8H2,1H3. The van der Waals surface area contributed by atoms with Gasteiger partial charge < -0.3 is 5.11 Å². The summed E-state index contributed by atoms with van der Waals surface area (Å²) in [6.07, 6.45) is 3.67. The number of para-hydroxylation sites is 1. The van der Waals surface area contributed by atoms with E-state index in [4.69, 9.17) is 0 Å². The van der Waals surface area contributed by atoms with Crippen LogP contribution in [0.1, 0.15) is 31.2 Å². The summed E-state index contributed by atoms with van der Waals surface area (Å²) in [5, 5.41) is 11.1. The van der Waals surface area contributed by atoms with Gasteiger partial charge in [-0.2, -0.15) is 0 Å². The first kappa shape index (κ1) is 10.7. The van der Waals surface area contributed by atoms with Gasteiger partial charge in [-0.25, -0.2) is 0 Å². The Bertz CT molecular complexity index is 532. The van der Waals surface area contributed by atoms with Crippen molar-refractivity contribution in [2.24, 2.45) is 5.92 Å². The highest BCUT2D eigenvalue weighted by Gasteiger charge is 2.33. The van der Waals surface area contributed by atoms with Crippen LogP contribution in [0, 0.1) is 5.92 Å². The number of aromatic nitrogens is 1. The Morgan fingerprint density at radius 3 is 2.76 bits per heavy atom. The first-order chi connectivity index (χ1) is 8.27. The molecule has 1 aromatic heterocycles. The third kappa shape index (κ3) is 1.73. The highest BCUT2D eigenvalue weighted by atomic mass is 16.3. The molecule has 1 fully saturated rings. The molecule has 1 heterocycles. The molecule has 3 atom stereocenters. The maximum Gasteiger partial charge on any atom is 0.0736 e. The molecule has 88 valence electrons. The molecule has 2 nitrogen and oxygen atoms in total. The molecule has 3 rings (SSSR count). The number of fused-ring (bicyclic) bond motifs is 1. The van der Waals surface area contributed by atoms with Crippen LogP contribution in [0.2, 0.25) is 0 Å². The van der Waals surface area contributed by atoms with Gasteiger partial charge in [-0.1, -0.05) is 31.2 Å². The van der Waals surface area contributed by atoms with E-state index in [1.54, 1.807) is 0 Å². The summed E-state index contributed by atoms with van der Waals surface area (Å²) < 4.78 is 0. The maximum absolute atomic E-state index is 9.88. The lowest BCUT2D eigenvalue weighted by Gasteiger charge is -2.19. The molecule has 0 bridgehead atoms. The monoisotopic (exact) mass is 227 g/mol. The number of hydrogen-bond acceptors (Lipinski definition) is 2. The van der Waals surface area contributed by atoms with Gasteiger partial charge in [-0.15, -0.1) is 0 Å². The lowest BCUT2D eigenvalue weighted by molar-refractivity contribution is 0.137. The number of hydrogen-bond donors (Lipinski definition) is 1. The van der Waals surface area contributed by atoms with Gasteiger partial charge in [-0.3, -0.25) is 4.98 Å². The van der Waals surface area contributed by atoms with Crippen LogP contribution in [-0.2, 0) is 0 Å². The van der Waals surface area contributed by atoms with Gasteiger partial charge in [0.2, 0.25) is 0 Å². The van der Waals surface area contributed by atoms with Crippen molar-refractivity contribution >= 4 is 10.9 Å². The second-order valence-corrected chi connectivity index (χ2v) is 5.03. The molecule has 1 aliphatic carbocycles. The zero-order valence-electron chi connectivity index (χ0n) is 10.0. The first-order valence-electron chi connectivity index (χ1n) is 6.29. The van der Waals surface area contributed by atoms with E-state index in [0.717, 1.165) is 18.4 Å². The number of benzene rings is 1. The van der Waals surface area contributed by atoms with Crippen molar-refractivity contribution in [2.75, 3.05) is 0 Å². The van der Waals surface area contributed by atoms with E-state index in [1.807, 2.05) is 12.3 Å². The predicted octanol–water partition coefficient (Wildman–Crippen LogP) is 3.11. The second kappa shape index (κ2) is 4.11. The van der Waals surface area contributed by atoms with Crippen LogP contribution in [0.15, 0.2) is 36.5 Å². The van der Waals surface area contributed by atoms with Crippen molar-refractivity contribution in [3.8, 4) is 0 Å². The molecule has 0 amide bonds. The third-order valence-corrected chi connectivity index (χ3v) is 4.08. The molecule has 3 unspecified atom stereocenters. The van der Waals surface area contributed by atoms with Crippen LogP contribution in [0.4, 0.5) is 0 Å². The average Bonchev–Trinajstić information content (AvgIpc) is 2.69. The van der Waals surface area contributed by atoms with Crippen molar-refractivity contribution in [3.63, 3.8) is 0 Å². The molecule has 0 radical (unpaired) electrons. The Labute approximate surface area is 101 Å². The van der Waals surface area contributed by atoms with Gasteiger partial charge in [0.1, 0.15) is 0 Å². The quantitative estimate of drug-likeness (QED) is 0.812. The lowest BCUT2D eigenvalue weighted by Crippen LogP contribution is -2.14. The van der Waals surface area contributed by atoms with E-state index < -0.39 is 0 Å². The number of pyridine rings is 1. The van der Waals surface area contributed by atoms with E-state index in [0.29, 0.717) is 11.8 Å². The van der Waals surface area contributed by atoms with Crippen molar-refractivity contribution in [1.82, 2.24) is 4.98 Å². The molecular formula is C15H17NO. The van der Waals surface area contributed by atoms with Crippen LogP contribution in [0.3, 0.4) is 0 Å². The first-order valence-corrected chi connectivity index (χ1v) is 6.29. The number of rotatable bonds is 1. The van der Waals surface area contributed by atoms with E-state index in [1.165, 1.54) is 10.9 Å². The fraction of sp³-hybridized carbons (Fsp3) is 0.400. The summed E-state index contributed by atoms with van der Waals surface area (Å²) in [6, 6.07) is 10.4. The molecule has 1 aliphatic rings. The van der Waals surface area contributed by atoms with Crippen molar-refractivity contribution in [2.45, 2.75) is 31.8 Å². The van der Waals surface area contributed by atoms with Crippen LogP contribution >= 0.6 is 0 Å². The smallest absolute Gasteiger partial charge is 0.0736 e. The third-order valence-electron chi connectivity index (χ3n) is 4.08. The highest BCUT2D eigenvalue weighted by Crippen LogP contribution is 2.41. The molecule has 2 aromatic rings. The number of aliphatic hydroxyl groups excluding tert-OH is 1. The van der Waals surface area contributed by atoms with Gasteiger partial charge in [0.15, 0.2) is 0 Å². The molecule has 0 spiro atoms. The van der Waals surface area contributed by atoms with Crippen LogP contribution in [0.5, 0.6) is 0 Å². The van der Waals surface area contributed by atoms with Crippen molar-refractivity contribution in [3.05, 3.63) is 42.1 Å². The van der Waals surface area contributed by atoms with E-state index in [2.05, 4.69) is 36.2 Å². The Hall–Kier alpha value is -1.41. The Balaban J connectivity index is 2.11. The molecule has 0 saturated heterocycles. The van der Waals surface area contributed by atoms with Gasteiger partial charge in [0.05, 0.1) is 11.6 Å². The second-order valence-electron chi connectivity index (χ2n) is 5.03. The van der Waals surface area contributed by atoms with Crippen LogP contribution < -0.4 is 0 Å². The minimum atomic E-state index is -0.154. The molecule has 17 heavy (non-hydrogen) atoms. The Morgan fingerprint density at radius 2 is 2.00 bits per heavy atom. The van der Waals surface area contributed by atoms with E-state index in [9.17, 15) is 5.11 Å². The van der Waals surface area contributed by atoms with Gasteiger partial charge in [-0.05, 0) is 36.3 Å². The molecule has 0 aliphatic heterocycles. The zero-order valence-corrected chi connectivity index (χ0v) is 10.0. The number of aliphatic hydroxyl groups is 1. The fourth-order valence-electron chi connectivity index (χ4n) is 3.01. The van der Waals surface area contributed by atoms with Crippen LogP contribution in [-0.4, -0.2) is 16.2 Å². The van der Waals surface area contributed by atoms with Crippen molar-refractivity contribution < 1.29 is 5.11 Å². The summed E-state index contributed by atoms with van der Waals surface area (Å²) in [5.74, 6) is 0.784. The summed E-state index contributed by atoms with van der Waals surface area (Å²) in [4.78, 5) is 4.50. The van der Waals surface area contributed by atoms with Gasteiger partial charge in [0.25, 0.3) is 0 Å². The summed E-state index contributed by atoms with van der Waals surface area (Å²) >= 11 is 0. The van der Waals surface area contributed by atoms with Gasteiger partial charge in [0, 0.05) is 11.6 Å². The summed E-state index contributed by atoms with van der Waals surface area (Å²) in [5.41, 5.74) is 2.40. The molecular weight excluding hydrogens is 210 g/mol. The topological polar surface area (TPSA) is 33.1 Å². The van der Waals surface area contributed by atoms with E-state index >= 15 is 0 Å². The number of nitrogens with zero attached hydrogens (tertiary/aromatic N) is 1. The SMILES string of the molecule is CC1C(O)CCC1c1cccc2cccnc12. The minimum Gasteiger partial charge on any atom is -0.393 e. The molecule has 1 aromatic carbocycles. The summed E-state index contributed by atoms with van der Waals surface area (Å²) in [6.45, 7) is 2.14. The van der Waals surface area contributed by atoms with Gasteiger partial charge >= 0.3 is 0 Å².